The van der Waals surface area contributed by atoms with Crippen molar-refractivity contribution in [3.63, 3.8) is 0 Å². The number of fused-ring (bicyclic) bond motifs is 1. The van der Waals surface area contributed by atoms with Crippen LogP contribution in [0.25, 0.3) is 5.69 Å². The molecule has 3 aromatic carbocycles. The Morgan fingerprint density at radius 3 is 2.60 bits per heavy atom. The predicted octanol–water partition coefficient (Wildman–Crippen LogP) is 2.83. The Labute approximate surface area is 202 Å². The fourth-order valence-corrected chi connectivity index (χ4v) is 4.16. The number of anilines is 1. The number of carbonyl (C=O) groups excluding carboxylic acids is 2. The van der Waals surface area contributed by atoms with Crippen molar-refractivity contribution in [3.8, 4) is 5.69 Å². The van der Waals surface area contributed by atoms with Crippen LogP contribution >= 0.6 is 0 Å². The molecule has 0 saturated heterocycles. The predicted molar refractivity (Wildman–Crippen MR) is 131 cm³/mol. The van der Waals surface area contributed by atoms with Gasteiger partial charge in [0, 0.05) is 36.4 Å². The minimum Gasteiger partial charge on any atom is -0.348 e. The number of carbonyl (C=O) groups is 2. The molecule has 1 aliphatic rings. The second-order valence-electron chi connectivity index (χ2n) is 8.61. The first kappa shape index (κ1) is 22.4. The number of amides is 2. The van der Waals surface area contributed by atoms with Gasteiger partial charge in [-0.1, -0.05) is 24.3 Å². The normalized spacial score (nSPS) is 13.2. The minimum absolute atomic E-state index is 0.184. The quantitative estimate of drug-likeness (QED) is 0.452. The lowest BCUT2D eigenvalue weighted by atomic mass is 9.99. The van der Waals surface area contributed by atoms with Gasteiger partial charge in [-0.05, 0) is 83.1 Å². The van der Waals surface area contributed by atoms with Gasteiger partial charge in [-0.15, -0.1) is 5.10 Å². The van der Waals surface area contributed by atoms with Crippen LogP contribution < -0.4 is 10.6 Å². The molecule has 0 bridgehead atoms. The average molecular weight is 468 g/mol. The number of hydrogen-bond acceptors (Lipinski definition) is 6. The van der Waals surface area contributed by atoms with Crippen molar-refractivity contribution in [1.82, 2.24) is 30.4 Å². The Morgan fingerprint density at radius 1 is 0.943 bits per heavy atom. The fourth-order valence-electron chi connectivity index (χ4n) is 4.16. The summed E-state index contributed by atoms with van der Waals surface area (Å²) in [5.74, 6) is -0.412. The van der Waals surface area contributed by atoms with E-state index >= 15 is 0 Å². The zero-order valence-corrected chi connectivity index (χ0v) is 19.3. The first-order chi connectivity index (χ1) is 17.0. The van der Waals surface area contributed by atoms with Crippen molar-refractivity contribution in [2.75, 3.05) is 18.9 Å². The first-order valence-electron chi connectivity index (χ1n) is 11.4. The third-order valence-corrected chi connectivity index (χ3v) is 6.03. The summed E-state index contributed by atoms with van der Waals surface area (Å²) >= 11 is 0. The molecule has 9 nitrogen and oxygen atoms in total. The molecular weight excluding hydrogens is 442 g/mol. The Morgan fingerprint density at radius 2 is 1.77 bits per heavy atom. The number of benzene rings is 3. The molecule has 2 amide bonds. The SMILES string of the molecule is CN1CCc2ccc(NC(=O)c3cccc(CNC(=O)c4cccc(-n5cnnn5)c4)c3)cc2C1. The maximum atomic E-state index is 12.9. The third kappa shape index (κ3) is 5.25. The van der Waals surface area contributed by atoms with Gasteiger partial charge >= 0.3 is 0 Å². The number of tetrazole rings is 1. The topological polar surface area (TPSA) is 105 Å². The summed E-state index contributed by atoms with van der Waals surface area (Å²) in [7, 11) is 2.10. The fraction of sp³-hybridized carbons (Fsp3) is 0.192. The number of rotatable bonds is 6. The van der Waals surface area contributed by atoms with Crippen molar-refractivity contribution in [3.05, 3.63) is 101 Å². The smallest absolute Gasteiger partial charge is 0.255 e. The number of nitrogens with zero attached hydrogens (tertiary/aromatic N) is 5. The highest BCUT2D eigenvalue weighted by Crippen LogP contribution is 2.22. The summed E-state index contributed by atoms with van der Waals surface area (Å²) in [6, 6.07) is 20.4. The molecule has 0 fully saturated rings. The van der Waals surface area contributed by atoms with Crippen molar-refractivity contribution in [2.24, 2.45) is 0 Å². The largest absolute Gasteiger partial charge is 0.348 e. The molecule has 9 heteroatoms. The Kier molecular flexibility index (Phi) is 6.32. The molecule has 2 N–H and O–H groups in total. The summed E-state index contributed by atoms with van der Waals surface area (Å²) in [4.78, 5) is 27.8. The lowest BCUT2D eigenvalue weighted by Crippen LogP contribution is -2.26. The number of hydrogen-bond donors (Lipinski definition) is 2. The Hall–Kier alpha value is -4.37. The van der Waals surface area contributed by atoms with Crippen LogP contribution in [0.15, 0.2) is 73.1 Å². The van der Waals surface area contributed by atoms with E-state index in [-0.39, 0.29) is 11.8 Å². The number of likely N-dealkylation sites (N-methyl/N-ethyl adjacent to an activating group) is 1. The number of aromatic nitrogens is 4. The van der Waals surface area contributed by atoms with Gasteiger partial charge in [0.05, 0.1) is 5.69 Å². The van der Waals surface area contributed by atoms with E-state index in [0.29, 0.717) is 23.4 Å². The van der Waals surface area contributed by atoms with Crippen LogP contribution in [0.5, 0.6) is 0 Å². The molecule has 0 spiro atoms. The lowest BCUT2D eigenvalue weighted by Gasteiger charge is -2.25. The molecule has 1 aliphatic heterocycles. The Balaban J connectivity index is 1.22. The molecule has 1 aromatic heterocycles. The van der Waals surface area contributed by atoms with Crippen LogP contribution in [0.2, 0.25) is 0 Å². The van der Waals surface area contributed by atoms with Gasteiger partial charge in [-0.3, -0.25) is 9.59 Å². The minimum atomic E-state index is -0.228. The van der Waals surface area contributed by atoms with Crippen LogP contribution in [0.1, 0.15) is 37.4 Å². The van der Waals surface area contributed by atoms with Crippen molar-refractivity contribution in [1.29, 1.82) is 0 Å². The van der Waals surface area contributed by atoms with Crippen LogP contribution in [0.4, 0.5) is 5.69 Å². The zero-order chi connectivity index (χ0) is 24.2. The van der Waals surface area contributed by atoms with E-state index < -0.39 is 0 Å². The summed E-state index contributed by atoms with van der Waals surface area (Å²) in [6.45, 7) is 2.22. The van der Waals surface area contributed by atoms with Crippen molar-refractivity contribution in [2.45, 2.75) is 19.5 Å². The van der Waals surface area contributed by atoms with Crippen LogP contribution in [-0.4, -0.2) is 50.5 Å². The first-order valence-corrected chi connectivity index (χ1v) is 11.4. The van der Waals surface area contributed by atoms with Crippen LogP contribution in [-0.2, 0) is 19.5 Å². The molecule has 2 heterocycles. The molecule has 5 rings (SSSR count). The summed E-state index contributed by atoms with van der Waals surface area (Å²) in [5, 5.41) is 17.0. The third-order valence-electron chi connectivity index (χ3n) is 6.03. The van der Waals surface area contributed by atoms with E-state index in [0.717, 1.165) is 30.8 Å². The van der Waals surface area contributed by atoms with Crippen LogP contribution in [0, 0.1) is 0 Å². The second-order valence-corrected chi connectivity index (χ2v) is 8.61. The van der Waals surface area contributed by atoms with Crippen molar-refractivity contribution >= 4 is 17.5 Å². The molecule has 176 valence electrons. The van der Waals surface area contributed by atoms with E-state index in [1.54, 1.807) is 30.3 Å². The van der Waals surface area contributed by atoms with Gasteiger partial charge < -0.3 is 15.5 Å². The molecular formula is C26H25N7O2. The molecule has 0 saturated carbocycles. The van der Waals surface area contributed by atoms with Gasteiger partial charge in [0.1, 0.15) is 6.33 Å². The molecule has 0 atom stereocenters. The molecule has 4 aromatic rings. The maximum Gasteiger partial charge on any atom is 0.255 e. The van der Waals surface area contributed by atoms with E-state index in [2.05, 4.69) is 50.2 Å². The van der Waals surface area contributed by atoms with Gasteiger partial charge in [-0.2, -0.15) is 0 Å². The average Bonchev–Trinajstić information content (AvgIpc) is 3.42. The molecule has 0 radical (unpaired) electrons. The molecule has 0 aliphatic carbocycles. The highest BCUT2D eigenvalue weighted by molar-refractivity contribution is 6.04. The standard InChI is InChI=1S/C26H25N7O2/c1-32-11-10-19-8-9-23(13-22(19)16-32)29-26(35)20-5-2-4-18(12-20)15-27-25(34)21-6-3-7-24(14-21)33-17-28-30-31-33/h2-9,12-14,17H,10-11,15-16H2,1H3,(H,27,34)(H,29,35). The maximum absolute atomic E-state index is 12.9. The van der Waals surface area contributed by atoms with E-state index in [1.165, 1.54) is 22.1 Å². The second kappa shape index (κ2) is 9.86. The number of nitrogens with one attached hydrogen (secondary N) is 2. The highest BCUT2D eigenvalue weighted by atomic mass is 16.2. The monoisotopic (exact) mass is 467 g/mol. The molecule has 35 heavy (non-hydrogen) atoms. The summed E-state index contributed by atoms with van der Waals surface area (Å²) in [6.07, 6.45) is 2.49. The van der Waals surface area contributed by atoms with Gasteiger partial charge in [0.15, 0.2) is 0 Å². The van der Waals surface area contributed by atoms with Gasteiger partial charge in [0.25, 0.3) is 11.8 Å². The Bertz CT molecular complexity index is 1370. The van der Waals surface area contributed by atoms with E-state index in [1.807, 2.05) is 24.3 Å². The molecule has 0 unspecified atom stereocenters. The lowest BCUT2D eigenvalue weighted by molar-refractivity contribution is 0.0950. The van der Waals surface area contributed by atoms with E-state index in [9.17, 15) is 9.59 Å². The van der Waals surface area contributed by atoms with E-state index in [4.69, 9.17) is 0 Å². The van der Waals surface area contributed by atoms with Crippen LogP contribution in [0.3, 0.4) is 0 Å². The summed E-state index contributed by atoms with van der Waals surface area (Å²) in [5.41, 5.74) is 5.91. The zero-order valence-electron chi connectivity index (χ0n) is 19.3. The highest BCUT2D eigenvalue weighted by Gasteiger charge is 2.15. The van der Waals surface area contributed by atoms with Gasteiger partial charge in [0.2, 0.25) is 0 Å². The summed E-state index contributed by atoms with van der Waals surface area (Å²) < 4.78 is 1.49. The van der Waals surface area contributed by atoms with Gasteiger partial charge in [-0.25, -0.2) is 4.68 Å². The van der Waals surface area contributed by atoms with Crippen molar-refractivity contribution < 1.29 is 9.59 Å².